The van der Waals surface area contributed by atoms with E-state index in [0.717, 1.165) is 50.3 Å². The molecule has 0 bridgehead atoms. The van der Waals surface area contributed by atoms with Crippen molar-refractivity contribution in [1.29, 1.82) is 0 Å². The van der Waals surface area contributed by atoms with E-state index in [0.29, 0.717) is 18.4 Å². The zero-order chi connectivity index (χ0) is 17.1. The number of carbonyl (C=O) groups is 2. The van der Waals surface area contributed by atoms with Gasteiger partial charge in [0.2, 0.25) is 5.91 Å². The third-order valence-corrected chi connectivity index (χ3v) is 5.29. The molecule has 1 aliphatic carbocycles. The first-order chi connectivity index (χ1) is 11.6. The Morgan fingerprint density at radius 1 is 1.25 bits per heavy atom. The van der Waals surface area contributed by atoms with Crippen molar-refractivity contribution in [2.24, 2.45) is 11.8 Å². The van der Waals surface area contributed by atoms with Crippen molar-refractivity contribution in [3.63, 3.8) is 0 Å². The molecule has 3 rings (SSSR count). The molecular formula is C19H28N3O2+. The molecule has 1 aliphatic heterocycles. The maximum atomic E-state index is 12.3. The molecule has 0 spiro atoms. The van der Waals surface area contributed by atoms with Crippen LogP contribution in [0.3, 0.4) is 0 Å². The van der Waals surface area contributed by atoms with Crippen molar-refractivity contribution in [2.75, 3.05) is 38.0 Å². The Morgan fingerprint density at radius 2 is 1.92 bits per heavy atom. The van der Waals surface area contributed by atoms with E-state index in [1.165, 1.54) is 4.90 Å². The lowest BCUT2D eigenvalue weighted by Crippen LogP contribution is -3.15. The second-order valence-corrected chi connectivity index (χ2v) is 7.13. The normalized spacial score (nSPS) is 23.8. The fraction of sp³-hybridized carbons (Fsp3) is 0.579. The summed E-state index contributed by atoms with van der Waals surface area (Å²) >= 11 is 0. The molecule has 2 atom stereocenters. The Balaban J connectivity index is 1.45. The van der Waals surface area contributed by atoms with Gasteiger partial charge < -0.3 is 15.1 Å². The summed E-state index contributed by atoms with van der Waals surface area (Å²) in [6, 6.07) is 7.95. The van der Waals surface area contributed by atoms with Crippen LogP contribution in [0, 0.1) is 11.8 Å². The highest BCUT2D eigenvalue weighted by Crippen LogP contribution is 2.39. The molecule has 130 valence electrons. The van der Waals surface area contributed by atoms with Gasteiger partial charge >= 0.3 is 0 Å². The zero-order valence-corrected chi connectivity index (χ0v) is 14.7. The Labute approximate surface area is 144 Å². The van der Waals surface area contributed by atoms with Gasteiger partial charge in [0, 0.05) is 11.6 Å². The molecule has 2 fully saturated rings. The molecule has 5 heteroatoms. The van der Waals surface area contributed by atoms with Gasteiger partial charge in [-0.2, -0.15) is 0 Å². The third-order valence-electron chi connectivity index (χ3n) is 5.29. The highest BCUT2D eigenvalue weighted by Gasteiger charge is 2.42. The van der Waals surface area contributed by atoms with Crippen molar-refractivity contribution >= 4 is 17.5 Å². The highest BCUT2D eigenvalue weighted by molar-refractivity contribution is 5.92. The van der Waals surface area contributed by atoms with Gasteiger partial charge in [0.05, 0.1) is 26.2 Å². The quantitative estimate of drug-likeness (QED) is 0.829. The predicted octanol–water partition coefficient (Wildman–Crippen LogP) is 0.571. The Hall–Kier alpha value is -1.88. The van der Waals surface area contributed by atoms with Crippen LogP contribution in [0.1, 0.15) is 25.8 Å². The molecule has 24 heavy (non-hydrogen) atoms. The number of nitrogens with zero attached hydrogens (tertiary/aromatic N) is 1. The summed E-state index contributed by atoms with van der Waals surface area (Å²) in [5.41, 5.74) is 2.08. The lowest BCUT2D eigenvalue weighted by molar-refractivity contribution is -0.895. The molecule has 5 nitrogen and oxygen atoms in total. The topological polar surface area (TPSA) is 53.9 Å². The minimum atomic E-state index is 0.0569. The number of quaternary nitrogens is 1. The minimum Gasteiger partial charge on any atom is -0.331 e. The fourth-order valence-electron chi connectivity index (χ4n) is 3.49. The molecule has 1 aromatic rings. The van der Waals surface area contributed by atoms with E-state index in [1.54, 1.807) is 0 Å². The van der Waals surface area contributed by atoms with Crippen LogP contribution < -0.4 is 10.2 Å². The van der Waals surface area contributed by atoms with Gasteiger partial charge in [0.15, 0.2) is 6.54 Å². The number of carbonyl (C=O) groups excluding carboxylic acids is 2. The first-order valence-electron chi connectivity index (χ1n) is 9.08. The zero-order valence-electron chi connectivity index (χ0n) is 14.7. The van der Waals surface area contributed by atoms with E-state index in [-0.39, 0.29) is 11.8 Å². The van der Waals surface area contributed by atoms with Gasteiger partial charge in [-0.15, -0.1) is 0 Å². The molecule has 0 radical (unpaired) electrons. The van der Waals surface area contributed by atoms with Crippen molar-refractivity contribution in [1.82, 2.24) is 4.90 Å². The molecule has 0 aromatic heterocycles. The number of hydrogen-bond acceptors (Lipinski definition) is 2. The van der Waals surface area contributed by atoms with Gasteiger partial charge in [0.25, 0.3) is 5.91 Å². The Kier molecular flexibility index (Phi) is 5.19. The number of anilines is 1. The molecule has 2 N–H and O–H groups in total. The van der Waals surface area contributed by atoms with Crippen LogP contribution in [0.4, 0.5) is 5.69 Å². The van der Waals surface area contributed by atoms with Gasteiger partial charge in [0.1, 0.15) is 0 Å². The van der Waals surface area contributed by atoms with Crippen LogP contribution in [0.5, 0.6) is 0 Å². The first kappa shape index (κ1) is 17.0. The lowest BCUT2D eigenvalue weighted by atomic mass is 10.1. The van der Waals surface area contributed by atoms with E-state index in [1.807, 2.05) is 29.2 Å². The summed E-state index contributed by atoms with van der Waals surface area (Å²) in [4.78, 5) is 27.8. The van der Waals surface area contributed by atoms with E-state index >= 15 is 0 Å². The van der Waals surface area contributed by atoms with Crippen LogP contribution in [-0.4, -0.2) is 49.4 Å². The minimum absolute atomic E-state index is 0.0569. The van der Waals surface area contributed by atoms with E-state index in [4.69, 9.17) is 0 Å². The van der Waals surface area contributed by atoms with Gasteiger partial charge in [-0.3, -0.25) is 9.59 Å². The van der Waals surface area contributed by atoms with Crippen molar-refractivity contribution in [3.8, 4) is 0 Å². The maximum absolute atomic E-state index is 12.3. The summed E-state index contributed by atoms with van der Waals surface area (Å²) < 4.78 is 0. The molecular weight excluding hydrogens is 302 g/mol. The summed E-state index contributed by atoms with van der Waals surface area (Å²) in [7, 11) is 0. The summed E-state index contributed by atoms with van der Waals surface area (Å²) in [6.45, 7) is 7.97. The SMILES string of the molecule is CCc1ccccc1NC(=O)C[NH+]1CCN(C(=O)[C@H]2C[C@@H]2C)CC1. The predicted molar refractivity (Wildman–Crippen MR) is 93.9 cm³/mol. The highest BCUT2D eigenvalue weighted by atomic mass is 16.2. The van der Waals surface area contributed by atoms with Crippen molar-refractivity contribution in [3.05, 3.63) is 29.8 Å². The van der Waals surface area contributed by atoms with Gasteiger partial charge in [-0.1, -0.05) is 32.0 Å². The van der Waals surface area contributed by atoms with Crippen LogP contribution >= 0.6 is 0 Å². The summed E-state index contributed by atoms with van der Waals surface area (Å²) in [5, 5.41) is 3.04. The number of para-hydroxylation sites is 1. The number of piperazine rings is 1. The maximum Gasteiger partial charge on any atom is 0.279 e. The van der Waals surface area contributed by atoms with Crippen LogP contribution in [0.2, 0.25) is 0 Å². The third kappa shape index (κ3) is 3.96. The molecule has 2 amide bonds. The Morgan fingerprint density at radius 3 is 2.54 bits per heavy atom. The fourth-order valence-corrected chi connectivity index (χ4v) is 3.49. The van der Waals surface area contributed by atoms with Crippen molar-refractivity contribution in [2.45, 2.75) is 26.7 Å². The summed E-state index contributed by atoms with van der Waals surface area (Å²) in [5.74, 6) is 1.21. The van der Waals surface area contributed by atoms with Gasteiger partial charge in [-0.25, -0.2) is 0 Å². The standard InChI is InChI=1S/C19H27N3O2/c1-3-15-6-4-5-7-17(15)20-18(23)13-21-8-10-22(11-9-21)19(24)16-12-14(16)2/h4-7,14,16H,3,8-13H2,1-2H3,(H,20,23)/p+1/t14-,16-/m0/s1. The van der Waals surface area contributed by atoms with E-state index in [2.05, 4.69) is 19.2 Å². The number of hydrogen-bond donors (Lipinski definition) is 2. The molecule has 0 unspecified atom stereocenters. The number of amides is 2. The smallest absolute Gasteiger partial charge is 0.279 e. The van der Waals surface area contributed by atoms with Crippen LogP contribution in [-0.2, 0) is 16.0 Å². The number of benzene rings is 1. The molecule has 1 saturated carbocycles. The molecule has 2 aliphatic rings. The van der Waals surface area contributed by atoms with Gasteiger partial charge in [-0.05, 0) is 30.4 Å². The average Bonchev–Trinajstić information content (AvgIpc) is 3.32. The number of nitrogens with one attached hydrogen (secondary N) is 2. The molecule has 1 saturated heterocycles. The first-order valence-corrected chi connectivity index (χ1v) is 9.08. The summed E-state index contributed by atoms with van der Waals surface area (Å²) in [6.07, 6.45) is 1.95. The number of aryl methyl sites for hydroxylation is 1. The van der Waals surface area contributed by atoms with Crippen molar-refractivity contribution < 1.29 is 14.5 Å². The second-order valence-electron chi connectivity index (χ2n) is 7.13. The molecule has 1 heterocycles. The van der Waals surface area contributed by atoms with Crippen LogP contribution in [0.25, 0.3) is 0 Å². The average molecular weight is 330 g/mol. The van der Waals surface area contributed by atoms with E-state index in [9.17, 15) is 9.59 Å². The van der Waals surface area contributed by atoms with Crippen LogP contribution in [0.15, 0.2) is 24.3 Å². The lowest BCUT2D eigenvalue weighted by Gasteiger charge is -2.32. The monoisotopic (exact) mass is 330 g/mol. The number of rotatable bonds is 5. The molecule has 1 aromatic carbocycles. The largest absolute Gasteiger partial charge is 0.331 e. The van der Waals surface area contributed by atoms with E-state index < -0.39 is 0 Å². The second kappa shape index (κ2) is 7.34. The Bertz CT molecular complexity index is 608.